The third-order valence-electron chi connectivity index (χ3n) is 2.04. The van der Waals surface area contributed by atoms with Crippen molar-refractivity contribution in [1.82, 2.24) is 0 Å². The summed E-state index contributed by atoms with van der Waals surface area (Å²) >= 11 is 0.613. The Morgan fingerprint density at radius 3 is 2.54 bits per heavy atom. The van der Waals surface area contributed by atoms with Crippen LogP contribution in [0, 0.1) is 0 Å². The van der Waals surface area contributed by atoms with Gasteiger partial charge < -0.3 is 0 Å². The van der Waals surface area contributed by atoms with E-state index in [4.69, 9.17) is 0 Å². The molecular formula is C11H9OS+. The predicted molar refractivity (Wildman–Crippen MR) is 55.7 cm³/mol. The Morgan fingerprint density at radius 2 is 1.77 bits per heavy atom. The van der Waals surface area contributed by atoms with Crippen molar-refractivity contribution in [1.29, 1.82) is 0 Å². The maximum absolute atomic E-state index is 10.4. The van der Waals surface area contributed by atoms with Crippen LogP contribution in [0.3, 0.4) is 0 Å². The summed E-state index contributed by atoms with van der Waals surface area (Å²) in [6.07, 6.45) is 0. The quantitative estimate of drug-likeness (QED) is 0.664. The second kappa shape index (κ2) is 3.62. The Bertz CT molecular complexity index is 437. The third kappa shape index (κ3) is 1.73. The van der Waals surface area contributed by atoms with Crippen molar-refractivity contribution in [3.8, 4) is 0 Å². The zero-order valence-electron chi connectivity index (χ0n) is 7.07. The maximum Gasteiger partial charge on any atom is 0.463 e. The van der Waals surface area contributed by atoms with E-state index in [1.54, 1.807) is 0 Å². The van der Waals surface area contributed by atoms with E-state index in [-0.39, 0.29) is 0 Å². The van der Waals surface area contributed by atoms with Crippen LogP contribution in [0.25, 0.3) is 10.8 Å². The second-order valence-corrected chi connectivity index (χ2v) is 3.47. The molecule has 0 saturated carbocycles. The van der Waals surface area contributed by atoms with Gasteiger partial charge in [-0.1, -0.05) is 36.4 Å². The monoisotopic (exact) mass is 189 g/mol. The smallest absolute Gasteiger partial charge is 0.0616 e. The fraction of sp³-hybridized carbons (Fsp3) is 0.0909. The molecule has 13 heavy (non-hydrogen) atoms. The zero-order valence-corrected chi connectivity index (χ0v) is 7.88. The summed E-state index contributed by atoms with van der Waals surface area (Å²) in [5, 5.41) is 2.43. The molecule has 2 heteroatoms. The van der Waals surface area contributed by atoms with Crippen LogP contribution >= 0.6 is 0 Å². The van der Waals surface area contributed by atoms with Gasteiger partial charge >= 0.3 is 11.7 Å². The molecule has 0 aliphatic heterocycles. The topological polar surface area (TPSA) is 17.1 Å². The number of benzene rings is 2. The molecule has 0 N–H and O–H groups in total. The van der Waals surface area contributed by atoms with E-state index in [1.807, 2.05) is 18.2 Å². The van der Waals surface area contributed by atoms with Gasteiger partial charge in [-0.05, 0) is 16.8 Å². The lowest BCUT2D eigenvalue weighted by Crippen LogP contribution is -1.81. The Morgan fingerprint density at radius 1 is 1.00 bits per heavy atom. The van der Waals surface area contributed by atoms with Crippen molar-refractivity contribution >= 4 is 22.4 Å². The van der Waals surface area contributed by atoms with Crippen molar-refractivity contribution < 1.29 is 4.21 Å². The lowest BCUT2D eigenvalue weighted by atomic mass is 10.1. The number of fused-ring (bicyclic) bond motifs is 1. The van der Waals surface area contributed by atoms with Gasteiger partial charge in [-0.2, -0.15) is 0 Å². The highest BCUT2D eigenvalue weighted by Crippen LogP contribution is 2.15. The molecule has 2 aromatic carbocycles. The summed E-state index contributed by atoms with van der Waals surface area (Å²) in [5.74, 6) is 0.546. The standard InChI is InChI=1S/C11H9OS/c12-13-8-9-5-6-10-3-1-2-4-11(10)7-9/h1-7H,8H2/q+1. The van der Waals surface area contributed by atoms with Gasteiger partial charge in [0.15, 0.2) is 0 Å². The molecule has 2 aromatic rings. The van der Waals surface area contributed by atoms with Gasteiger partial charge in [0, 0.05) is 9.77 Å². The molecule has 0 aliphatic rings. The predicted octanol–water partition coefficient (Wildman–Crippen LogP) is 2.77. The number of rotatable bonds is 2. The van der Waals surface area contributed by atoms with Gasteiger partial charge in [-0.15, -0.1) is 0 Å². The first-order chi connectivity index (χ1) is 6.40. The van der Waals surface area contributed by atoms with E-state index in [9.17, 15) is 4.21 Å². The van der Waals surface area contributed by atoms with Crippen molar-refractivity contribution in [2.75, 3.05) is 0 Å². The van der Waals surface area contributed by atoms with Gasteiger partial charge in [-0.25, -0.2) is 0 Å². The van der Waals surface area contributed by atoms with E-state index in [1.165, 1.54) is 10.8 Å². The van der Waals surface area contributed by atoms with E-state index in [0.717, 1.165) is 5.56 Å². The SMILES string of the molecule is O=[S+]Cc1ccc2ccccc2c1. The van der Waals surface area contributed by atoms with Crippen LogP contribution in [0.1, 0.15) is 5.56 Å². The average molecular weight is 189 g/mol. The molecule has 1 nitrogen and oxygen atoms in total. The Kier molecular flexibility index (Phi) is 2.32. The highest BCUT2D eigenvalue weighted by atomic mass is 32.1. The van der Waals surface area contributed by atoms with Gasteiger partial charge in [0.05, 0.1) is 0 Å². The average Bonchev–Trinajstić information content (AvgIpc) is 2.18. The molecule has 0 unspecified atom stereocenters. The minimum Gasteiger partial charge on any atom is -0.0616 e. The maximum atomic E-state index is 10.4. The minimum atomic E-state index is 0.546. The first-order valence-corrected chi connectivity index (χ1v) is 5.03. The van der Waals surface area contributed by atoms with Crippen molar-refractivity contribution in [3.63, 3.8) is 0 Å². The molecule has 0 saturated heterocycles. The molecule has 0 heterocycles. The van der Waals surface area contributed by atoms with Crippen LogP contribution in [-0.2, 0) is 21.6 Å². The molecule has 0 aliphatic carbocycles. The van der Waals surface area contributed by atoms with Crippen molar-refractivity contribution in [2.24, 2.45) is 0 Å². The fourth-order valence-electron chi connectivity index (χ4n) is 1.40. The minimum absolute atomic E-state index is 0.546. The van der Waals surface area contributed by atoms with Gasteiger partial charge in [-0.3, -0.25) is 0 Å². The lowest BCUT2D eigenvalue weighted by molar-refractivity contribution is 0.604. The van der Waals surface area contributed by atoms with E-state index in [0.29, 0.717) is 17.4 Å². The summed E-state index contributed by atoms with van der Waals surface area (Å²) < 4.78 is 10.4. The molecule has 0 bridgehead atoms. The summed E-state index contributed by atoms with van der Waals surface area (Å²) in [7, 11) is 0. The van der Waals surface area contributed by atoms with E-state index in [2.05, 4.69) is 24.3 Å². The van der Waals surface area contributed by atoms with Gasteiger partial charge in [0.25, 0.3) is 5.75 Å². The van der Waals surface area contributed by atoms with Crippen molar-refractivity contribution in [2.45, 2.75) is 5.75 Å². The Balaban J connectivity index is 2.55. The Hall–Kier alpha value is -1.28. The summed E-state index contributed by atoms with van der Waals surface area (Å²) in [5.41, 5.74) is 1.10. The van der Waals surface area contributed by atoms with Crippen molar-refractivity contribution in [3.05, 3.63) is 48.0 Å². The highest BCUT2D eigenvalue weighted by Gasteiger charge is 2.02. The van der Waals surface area contributed by atoms with Crippen LogP contribution in [0.2, 0.25) is 0 Å². The normalized spacial score (nSPS) is 10.2. The molecule has 0 fully saturated rings. The second-order valence-electron chi connectivity index (χ2n) is 2.94. The summed E-state index contributed by atoms with van der Waals surface area (Å²) in [6, 6.07) is 14.3. The molecule has 0 spiro atoms. The summed E-state index contributed by atoms with van der Waals surface area (Å²) in [6.45, 7) is 0. The molecule has 0 radical (unpaired) electrons. The van der Waals surface area contributed by atoms with Crippen LogP contribution in [-0.4, -0.2) is 0 Å². The number of hydrogen-bond donors (Lipinski definition) is 0. The van der Waals surface area contributed by atoms with Crippen LogP contribution in [0.5, 0.6) is 0 Å². The number of hydrogen-bond acceptors (Lipinski definition) is 1. The third-order valence-corrected chi connectivity index (χ3v) is 2.49. The van der Waals surface area contributed by atoms with Gasteiger partial charge in [0.1, 0.15) is 0 Å². The summed E-state index contributed by atoms with van der Waals surface area (Å²) in [4.78, 5) is 0. The molecule has 2 rings (SSSR count). The molecular weight excluding hydrogens is 180 g/mol. The largest absolute Gasteiger partial charge is 0.463 e. The first-order valence-electron chi connectivity index (χ1n) is 4.12. The van der Waals surface area contributed by atoms with Crippen LogP contribution < -0.4 is 0 Å². The fourth-order valence-corrected chi connectivity index (χ4v) is 1.71. The molecule has 0 atom stereocenters. The first kappa shape index (κ1) is 8.32. The molecule has 0 aromatic heterocycles. The lowest BCUT2D eigenvalue weighted by Gasteiger charge is -1.96. The Labute approximate surface area is 80.9 Å². The molecule has 64 valence electrons. The van der Waals surface area contributed by atoms with E-state index >= 15 is 0 Å². The highest BCUT2D eigenvalue weighted by molar-refractivity contribution is 7.64. The van der Waals surface area contributed by atoms with E-state index < -0.39 is 0 Å². The van der Waals surface area contributed by atoms with Crippen LogP contribution in [0.4, 0.5) is 0 Å². The zero-order chi connectivity index (χ0) is 9.10. The van der Waals surface area contributed by atoms with Crippen LogP contribution in [0.15, 0.2) is 42.5 Å². The van der Waals surface area contributed by atoms with Gasteiger partial charge in [0.2, 0.25) is 0 Å². The molecule has 0 amide bonds.